The third kappa shape index (κ3) is 4.08. The Kier molecular flexibility index (Phi) is 4.53. The van der Waals surface area contributed by atoms with Gasteiger partial charge in [-0.1, -0.05) is 0 Å². The quantitative estimate of drug-likeness (QED) is 0.666. The lowest BCUT2D eigenvalue weighted by Crippen LogP contribution is -2.40. The molecule has 7 heteroatoms. The molecule has 0 bridgehead atoms. The number of carbonyl (C=O) groups is 2. The first-order valence-electron chi connectivity index (χ1n) is 5.22. The molecule has 2 amide bonds. The SMILES string of the molecule is O=C(/C=C/c1ccc(Br)s1)NNC(=O)c1ccco1. The van der Waals surface area contributed by atoms with Crippen molar-refractivity contribution in [3.8, 4) is 0 Å². The van der Waals surface area contributed by atoms with E-state index < -0.39 is 11.8 Å². The van der Waals surface area contributed by atoms with E-state index in [2.05, 4.69) is 26.8 Å². The standard InChI is InChI=1S/C12H9BrN2O3S/c13-10-5-3-8(19-10)4-6-11(16)14-15-12(17)9-2-1-7-18-9/h1-7H,(H,14,16)(H,15,17)/b6-4+. The van der Waals surface area contributed by atoms with Crippen LogP contribution in [0.4, 0.5) is 0 Å². The summed E-state index contributed by atoms with van der Waals surface area (Å²) in [7, 11) is 0. The van der Waals surface area contributed by atoms with Crippen molar-refractivity contribution in [2.45, 2.75) is 0 Å². The van der Waals surface area contributed by atoms with Gasteiger partial charge in [-0.15, -0.1) is 11.3 Å². The van der Waals surface area contributed by atoms with Crippen LogP contribution in [0.2, 0.25) is 0 Å². The van der Waals surface area contributed by atoms with Gasteiger partial charge in [0.05, 0.1) is 10.0 Å². The summed E-state index contributed by atoms with van der Waals surface area (Å²) in [6.45, 7) is 0. The Morgan fingerprint density at radius 2 is 2.11 bits per heavy atom. The number of hydrogen-bond acceptors (Lipinski definition) is 4. The molecule has 0 fully saturated rings. The first-order valence-corrected chi connectivity index (χ1v) is 6.83. The fourth-order valence-corrected chi connectivity index (χ4v) is 2.53. The zero-order valence-electron chi connectivity index (χ0n) is 9.55. The highest BCUT2D eigenvalue weighted by Crippen LogP contribution is 2.22. The number of halogens is 1. The molecule has 19 heavy (non-hydrogen) atoms. The Hall–Kier alpha value is -1.86. The minimum Gasteiger partial charge on any atom is -0.459 e. The van der Waals surface area contributed by atoms with E-state index in [4.69, 9.17) is 4.42 Å². The van der Waals surface area contributed by atoms with Crippen LogP contribution in [-0.2, 0) is 4.79 Å². The van der Waals surface area contributed by atoms with Crippen molar-refractivity contribution in [2.75, 3.05) is 0 Å². The van der Waals surface area contributed by atoms with Crippen molar-refractivity contribution in [3.63, 3.8) is 0 Å². The lowest BCUT2D eigenvalue weighted by atomic mass is 10.4. The van der Waals surface area contributed by atoms with Crippen molar-refractivity contribution in [1.82, 2.24) is 10.9 Å². The number of rotatable bonds is 3. The predicted octanol–water partition coefficient (Wildman–Crippen LogP) is 2.58. The molecule has 0 atom stereocenters. The minimum absolute atomic E-state index is 0.131. The lowest BCUT2D eigenvalue weighted by molar-refractivity contribution is -0.117. The van der Waals surface area contributed by atoms with Crippen LogP contribution in [0.5, 0.6) is 0 Å². The summed E-state index contributed by atoms with van der Waals surface area (Å²) in [5.41, 5.74) is 4.49. The molecule has 0 aromatic carbocycles. The van der Waals surface area contributed by atoms with E-state index in [9.17, 15) is 9.59 Å². The molecule has 2 rings (SSSR count). The molecule has 0 aliphatic rings. The molecule has 0 unspecified atom stereocenters. The van der Waals surface area contributed by atoms with E-state index in [1.54, 1.807) is 12.1 Å². The van der Waals surface area contributed by atoms with Crippen molar-refractivity contribution >= 4 is 45.2 Å². The fraction of sp³-hybridized carbons (Fsp3) is 0. The Balaban J connectivity index is 1.82. The van der Waals surface area contributed by atoms with Gasteiger partial charge < -0.3 is 4.42 Å². The number of amides is 2. The molecule has 2 aromatic heterocycles. The van der Waals surface area contributed by atoms with Crippen LogP contribution in [0, 0.1) is 0 Å². The summed E-state index contributed by atoms with van der Waals surface area (Å²) in [6.07, 6.45) is 4.37. The van der Waals surface area contributed by atoms with Crippen molar-refractivity contribution in [2.24, 2.45) is 0 Å². The largest absolute Gasteiger partial charge is 0.459 e. The number of hydrogen-bond donors (Lipinski definition) is 2. The predicted molar refractivity (Wildman–Crippen MR) is 75.4 cm³/mol. The van der Waals surface area contributed by atoms with Gasteiger partial charge in [0.2, 0.25) is 0 Å². The second-order valence-electron chi connectivity index (χ2n) is 3.40. The summed E-state index contributed by atoms with van der Waals surface area (Å²) in [6, 6.07) is 6.85. The van der Waals surface area contributed by atoms with Gasteiger partial charge in [-0.2, -0.15) is 0 Å². The Morgan fingerprint density at radius 1 is 1.26 bits per heavy atom. The average Bonchev–Trinajstić information content (AvgIpc) is 3.04. The van der Waals surface area contributed by atoms with E-state index in [-0.39, 0.29) is 5.76 Å². The summed E-state index contributed by atoms with van der Waals surface area (Å²) in [5, 5.41) is 0. The number of hydrazine groups is 1. The van der Waals surface area contributed by atoms with Crippen LogP contribution in [0.15, 0.2) is 44.8 Å². The topological polar surface area (TPSA) is 71.3 Å². The van der Waals surface area contributed by atoms with Gasteiger partial charge in [0, 0.05) is 11.0 Å². The smallest absolute Gasteiger partial charge is 0.305 e. The van der Waals surface area contributed by atoms with Crippen LogP contribution in [0.3, 0.4) is 0 Å². The molecular formula is C12H9BrN2O3S. The number of carbonyl (C=O) groups excluding carboxylic acids is 2. The zero-order chi connectivity index (χ0) is 13.7. The lowest BCUT2D eigenvalue weighted by Gasteiger charge is -2.02. The first-order chi connectivity index (χ1) is 9.15. The van der Waals surface area contributed by atoms with Gasteiger partial charge >= 0.3 is 5.91 Å². The van der Waals surface area contributed by atoms with Gasteiger partial charge in [-0.3, -0.25) is 20.4 Å². The monoisotopic (exact) mass is 340 g/mol. The molecule has 0 aliphatic carbocycles. The normalized spacial score (nSPS) is 10.6. The maximum absolute atomic E-state index is 11.4. The second kappa shape index (κ2) is 6.35. The van der Waals surface area contributed by atoms with Crippen LogP contribution in [-0.4, -0.2) is 11.8 Å². The van der Waals surface area contributed by atoms with Gasteiger partial charge in [0.25, 0.3) is 5.91 Å². The summed E-state index contributed by atoms with van der Waals surface area (Å²) in [5.74, 6) is -0.804. The summed E-state index contributed by atoms with van der Waals surface area (Å²) < 4.78 is 5.86. The van der Waals surface area contributed by atoms with Crippen LogP contribution < -0.4 is 10.9 Å². The number of nitrogens with one attached hydrogen (secondary N) is 2. The van der Waals surface area contributed by atoms with Crippen molar-refractivity contribution in [1.29, 1.82) is 0 Å². The van der Waals surface area contributed by atoms with Crippen molar-refractivity contribution in [3.05, 3.63) is 51.0 Å². The molecule has 0 aliphatic heterocycles. The third-order valence-electron chi connectivity index (χ3n) is 2.04. The number of furan rings is 1. The molecule has 0 radical (unpaired) electrons. The maximum Gasteiger partial charge on any atom is 0.305 e. The first kappa shape index (κ1) is 13.6. The zero-order valence-corrected chi connectivity index (χ0v) is 12.0. The minimum atomic E-state index is -0.509. The van der Waals surface area contributed by atoms with Crippen LogP contribution in [0.1, 0.15) is 15.4 Å². The fourth-order valence-electron chi connectivity index (χ4n) is 1.21. The molecule has 2 aromatic rings. The van der Waals surface area contributed by atoms with Crippen LogP contribution in [0.25, 0.3) is 6.08 Å². The van der Waals surface area contributed by atoms with Gasteiger partial charge in [0.15, 0.2) is 5.76 Å². The van der Waals surface area contributed by atoms with E-state index in [1.165, 1.54) is 29.7 Å². The molecule has 5 nitrogen and oxygen atoms in total. The van der Waals surface area contributed by atoms with E-state index >= 15 is 0 Å². The molecule has 2 heterocycles. The Morgan fingerprint density at radius 3 is 2.74 bits per heavy atom. The average molecular weight is 341 g/mol. The van der Waals surface area contributed by atoms with E-state index in [0.717, 1.165) is 8.66 Å². The van der Waals surface area contributed by atoms with E-state index in [1.807, 2.05) is 12.1 Å². The Labute approximate surface area is 121 Å². The third-order valence-corrected chi connectivity index (χ3v) is 3.63. The maximum atomic E-state index is 11.4. The molecule has 0 spiro atoms. The van der Waals surface area contributed by atoms with Gasteiger partial charge in [-0.05, 0) is 46.3 Å². The van der Waals surface area contributed by atoms with Crippen molar-refractivity contribution < 1.29 is 14.0 Å². The van der Waals surface area contributed by atoms with Gasteiger partial charge in [-0.25, -0.2) is 0 Å². The second-order valence-corrected chi connectivity index (χ2v) is 5.89. The molecule has 0 saturated heterocycles. The van der Waals surface area contributed by atoms with Gasteiger partial charge in [0.1, 0.15) is 0 Å². The highest BCUT2D eigenvalue weighted by atomic mass is 79.9. The highest BCUT2D eigenvalue weighted by Gasteiger charge is 2.07. The summed E-state index contributed by atoms with van der Waals surface area (Å²) >= 11 is 4.83. The summed E-state index contributed by atoms with van der Waals surface area (Å²) in [4.78, 5) is 23.8. The molecule has 2 N–H and O–H groups in total. The van der Waals surface area contributed by atoms with E-state index in [0.29, 0.717) is 0 Å². The molecule has 98 valence electrons. The van der Waals surface area contributed by atoms with Crippen LogP contribution >= 0.6 is 27.3 Å². The Bertz CT molecular complexity index is 604. The molecular weight excluding hydrogens is 332 g/mol. The number of thiophene rings is 1. The molecule has 0 saturated carbocycles. The highest BCUT2D eigenvalue weighted by molar-refractivity contribution is 9.11.